The van der Waals surface area contributed by atoms with Gasteiger partial charge in [-0.3, -0.25) is 4.79 Å². The van der Waals surface area contributed by atoms with Gasteiger partial charge >= 0.3 is 0 Å². The van der Waals surface area contributed by atoms with Crippen LogP contribution in [0.5, 0.6) is 0 Å². The Hall–Kier alpha value is -1.83. The first-order chi connectivity index (χ1) is 11.5. The third-order valence-corrected chi connectivity index (χ3v) is 6.16. The average Bonchev–Trinajstić information content (AvgIpc) is 3.08. The number of carbonyl (C=O) groups excluding carboxylic acids is 1. The summed E-state index contributed by atoms with van der Waals surface area (Å²) in [5, 5.41) is 0.385. The van der Waals surface area contributed by atoms with Crippen LogP contribution >= 0.6 is 11.6 Å². The first-order valence-electron chi connectivity index (χ1n) is 7.62. The molecule has 1 N–H and O–H groups in total. The molecule has 0 bridgehead atoms. The van der Waals surface area contributed by atoms with E-state index in [0.717, 1.165) is 5.69 Å². The molecule has 1 saturated heterocycles. The van der Waals surface area contributed by atoms with E-state index < -0.39 is 10.0 Å². The predicted molar refractivity (Wildman–Crippen MR) is 91.3 cm³/mol. The summed E-state index contributed by atoms with van der Waals surface area (Å²) in [7, 11) is -3.58. The van der Waals surface area contributed by atoms with Gasteiger partial charge in [0.1, 0.15) is 0 Å². The Morgan fingerprint density at radius 1 is 1.12 bits per heavy atom. The quantitative estimate of drug-likeness (QED) is 0.894. The van der Waals surface area contributed by atoms with Crippen LogP contribution in [0.4, 0.5) is 0 Å². The molecule has 2 aromatic rings. The zero-order valence-electron chi connectivity index (χ0n) is 13.0. The largest absolute Gasteiger partial charge is 0.365 e. The van der Waals surface area contributed by atoms with Gasteiger partial charge in [-0.15, -0.1) is 0 Å². The number of amides is 1. The number of nitrogens with zero attached hydrogens (tertiary/aromatic N) is 2. The first-order valence-corrected chi connectivity index (χ1v) is 9.44. The summed E-state index contributed by atoms with van der Waals surface area (Å²) in [5.41, 5.74) is 0.856. The Balaban J connectivity index is 1.63. The number of aromatic nitrogens is 1. The fourth-order valence-corrected chi connectivity index (χ4v) is 4.43. The second-order valence-corrected chi connectivity index (χ2v) is 7.99. The number of benzene rings is 1. The van der Waals surface area contributed by atoms with Gasteiger partial charge in [-0.25, -0.2) is 8.42 Å². The van der Waals surface area contributed by atoms with E-state index in [1.54, 1.807) is 23.2 Å². The minimum atomic E-state index is -3.58. The van der Waals surface area contributed by atoms with Gasteiger partial charge in [-0.1, -0.05) is 17.7 Å². The molecule has 24 heavy (non-hydrogen) atoms. The SMILES string of the molecule is O=C(Cc1ccc[nH]1)N1CCN(S(=O)(=O)c2cccc(Cl)c2)CC1. The standard InChI is InChI=1S/C16H18ClN3O3S/c17-13-3-1-5-15(11-13)24(22,23)20-9-7-19(8-10-20)16(21)12-14-4-2-6-18-14/h1-6,11,18H,7-10,12H2. The number of hydrogen-bond donors (Lipinski definition) is 1. The third kappa shape index (κ3) is 3.63. The number of H-pyrrole nitrogens is 1. The lowest BCUT2D eigenvalue weighted by Gasteiger charge is -2.34. The van der Waals surface area contributed by atoms with Gasteiger partial charge in [0, 0.05) is 43.1 Å². The Morgan fingerprint density at radius 2 is 1.88 bits per heavy atom. The molecule has 1 aromatic heterocycles. The van der Waals surface area contributed by atoms with Crippen LogP contribution < -0.4 is 0 Å². The van der Waals surface area contributed by atoms with Crippen molar-refractivity contribution < 1.29 is 13.2 Å². The lowest BCUT2D eigenvalue weighted by molar-refractivity contribution is -0.131. The molecular formula is C16H18ClN3O3S. The first kappa shape index (κ1) is 17.0. The number of piperazine rings is 1. The van der Waals surface area contributed by atoms with Crippen molar-refractivity contribution in [2.24, 2.45) is 0 Å². The van der Waals surface area contributed by atoms with Crippen molar-refractivity contribution in [3.05, 3.63) is 53.3 Å². The average molecular weight is 368 g/mol. The molecule has 0 aliphatic carbocycles. The molecule has 1 aliphatic heterocycles. The summed E-state index contributed by atoms with van der Waals surface area (Å²) >= 11 is 5.88. The van der Waals surface area contributed by atoms with Crippen LogP contribution in [0, 0.1) is 0 Å². The minimum Gasteiger partial charge on any atom is -0.365 e. The van der Waals surface area contributed by atoms with Gasteiger partial charge in [0.05, 0.1) is 11.3 Å². The maximum absolute atomic E-state index is 12.6. The van der Waals surface area contributed by atoms with E-state index in [4.69, 9.17) is 11.6 Å². The molecule has 0 radical (unpaired) electrons. The number of rotatable bonds is 4. The minimum absolute atomic E-state index is 0.00254. The summed E-state index contributed by atoms with van der Waals surface area (Å²) in [4.78, 5) is 17.1. The van der Waals surface area contributed by atoms with E-state index >= 15 is 0 Å². The Morgan fingerprint density at radius 3 is 2.50 bits per heavy atom. The van der Waals surface area contributed by atoms with Crippen molar-refractivity contribution >= 4 is 27.5 Å². The van der Waals surface area contributed by atoms with Crippen molar-refractivity contribution in [2.75, 3.05) is 26.2 Å². The van der Waals surface area contributed by atoms with E-state index in [0.29, 0.717) is 24.5 Å². The zero-order valence-corrected chi connectivity index (χ0v) is 14.6. The van der Waals surface area contributed by atoms with E-state index in [9.17, 15) is 13.2 Å². The van der Waals surface area contributed by atoms with Crippen LogP contribution in [-0.2, 0) is 21.2 Å². The molecule has 1 aliphatic rings. The monoisotopic (exact) mass is 367 g/mol. The second-order valence-electron chi connectivity index (χ2n) is 5.61. The highest BCUT2D eigenvalue weighted by Gasteiger charge is 2.30. The van der Waals surface area contributed by atoms with Crippen molar-refractivity contribution in [3.8, 4) is 0 Å². The van der Waals surface area contributed by atoms with Crippen LogP contribution in [0.3, 0.4) is 0 Å². The lowest BCUT2D eigenvalue weighted by atomic mass is 10.2. The van der Waals surface area contributed by atoms with Gasteiger partial charge in [-0.2, -0.15) is 4.31 Å². The molecule has 1 aromatic carbocycles. The highest BCUT2D eigenvalue weighted by molar-refractivity contribution is 7.89. The summed E-state index contributed by atoms with van der Waals surface area (Å²) < 4.78 is 26.7. The predicted octanol–water partition coefficient (Wildman–Crippen LogP) is 1.74. The number of carbonyl (C=O) groups is 1. The topological polar surface area (TPSA) is 73.5 Å². The molecule has 128 valence electrons. The molecule has 8 heteroatoms. The normalized spacial score (nSPS) is 16.3. The van der Waals surface area contributed by atoms with Gasteiger partial charge in [-0.05, 0) is 30.3 Å². The molecule has 0 atom stereocenters. The van der Waals surface area contributed by atoms with E-state index in [1.165, 1.54) is 16.4 Å². The number of nitrogens with one attached hydrogen (secondary N) is 1. The van der Waals surface area contributed by atoms with Crippen LogP contribution in [-0.4, -0.2) is 54.7 Å². The fourth-order valence-electron chi connectivity index (χ4n) is 2.71. The summed E-state index contributed by atoms with van der Waals surface area (Å²) in [5.74, 6) is -0.00254. The molecule has 0 spiro atoms. The van der Waals surface area contributed by atoms with Crippen molar-refractivity contribution in [1.29, 1.82) is 0 Å². The Bertz CT molecular complexity index is 813. The van der Waals surface area contributed by atoms with Crippen LogP contribution in [0.2, 0.25) is 5.02 Å². The second kappa shape index (κ2) is 6.96. The maximum atomic E-state index is 12.6. The molecule has 1 fully saturated rings. The molecule has 1 amide bonds. The molecule has 2 heterocycles. The van der Waals surface area contributed by atoms with Crippen molar-refractivity contribution in [1.82, 2.24) is 14.2 Å². The summed E-state index contributed by atoms with van der Waals surface area (Å²) in [6.07, 6.45) is 2.08. The van der Waals surface area contributed by atoms with Crippen LogP contribution in [0.1, 0.15) is 5.69 Å². The third-order valence-electron chi connectivity index (χ3n) is 4.03. The van der Waals surface area contributed by atoms with Gasteiger partial charge < -0.3 is 9.88 Å². The molecule has 0 saturated carbocycles. The van der Waals surface area contributed by atoms with E-state index in [-0.39, 0.29) is 23.9 Å². The van der Waals surface area contributed by atoms with Gasteiger partial charge in [0.2, 0.25) is 15.9 Å². The maximum Gasteiger partial charge on any atom is 0.243 e. The summed E-state index contributed by atoms with van der Waals surface area (Å²) in [6.45, 7) is 1.34. The van der Waals surface area contributed by atoms with Crippen LogP contribution in [0.15, 0.2) is 47.5 Å². The highest BCUT2D eigenvalue weighted by Crippen LogP contribution is 2.21. The van der Waals surface area contributed by atoms with E-state index in [1.807, 2.05) is 12.1 Å². The molecule has 0 unspecified atom stereocenters. The molecule has 6 nitrogen and oxygen atoms in total. The van der Waals surface area contributed by atoms with Gasteiger partial charge in [0.15, 0.2) is 0 Å². The number of sulfonamides is 1. The van der Waals surface area contributed by atoms with Gasteiger partial charge in [0.25, 0.3) is 0 Å². The van der Waals surface area contributed by atoms with E-state index in [2.05, 4.69) is 4.98 Å². The number of halogens is 1. The fraction of sp³-hybridized carbons (Fsp3) is 0.312. The molecular weight excluding hydrogens is 350 g/mol. The zero-order chi connectivity index (χ0) is 17.2. The van der Waals surface area contributed by atoms with Crippen LogP contribution in [0.25, 0.3) is 0 Å². The van der Waals surface area contributed by atoms with Crippen molar-refractivity contribution in [3.63, 3.8) is 0 Å². The Kier molecular flexibility index (Phi) is 4.93. The van der Waals surface area contributed by atoms with Crippen molar-refractivity contribution in [2.45, 2.75) is 11.3 Å². The molecule has 3 rings (SSSR count). The number of hydrogen-bond acceptors (Lipinski definition) is 3. The lowest BCUT2D eigenvalue weighted by Crippen LogP contribution is -2.50. The number of aromatic amines is 1. The highest BCUT2D eigenvalue weighted by atomic mass is 35.5. The smallest absolute Gasteiger partial charge is 0.243 e. The summed E-state index contributed by atoms with van der Waals surface area (Å²) in [6, 6.07) is 9.93. The Labute approximate surface area is 146 Å².